The zero-order chi connectivity index (χ0) is 38.4. The maximum atomic E-state index is 14.0. The molecule has 51 heavy (non-hydrogen) atoms. The summed E-state index contributed by atoms with van der Waals surface area (Å²) >= 11 is 10.9. The van der Waals surface area contributed by atoms with E-state index in [1.165, 1.54) is 44.9 Å². The standard InChI is InChI=1S/C36H52ClN3O10S/c1-20-12-11-13-27(47-10)36(6,45)38-34(44)48-23(4)21(2)32-35(5,50-32)28(49-33(43)22(3)39(7)29(41)14-15-51)19-30(42)40(8)25-17-24(16-20)18-26(46-9)31(25)37/h11-13,17-18,21-23,27-28,32,45,51H,14-16,19H2,1-10H3,(H,38,44)/b13-11+,20-12+/t21-,22?,23?,27-,28?,32?,35?,36?/m0/s1. The Morgan fingerprint density at radius 1 is 1.24 bits per heavy atom. The van der Waals surface area contributed by atoms with Gasteiger partial charge in [0.2, 0.25) is 11.8 Å². The minimum Gasteiger partial charge on any atom is -0.495 e. The zero-order valence-corrected chi connectivity index (χ0v) is 32.7. The summed E-state index contributed by atoms with van der Waals surface area (Å²) in [5.41, 5.74) is -0.916. The van der Waals surface area contributed by atoms with E-state index in [0.717, 1.165) is 11.1 Å². The van der Waals surface area contributed by atoms with Gasteiger partial charge in [0.05, 0.1) is 25.3 Å². The van der Waals surface area contributed by atoms with Gasteiger partial charge in [-0.2, -0.15) is 12.6 Å². The second kappa shape index (κ2) is 17.5. The largest absolute Gasteiger partial charge is 0.495 e. The van der Waals surface area contributed by atoms with Gasteiger partial charge in [0, 0.05) is 33.5 Å². The minimum atomic E-state index is -1.84. The molecule has 2 heterocycles. The lowest BCUT2D eigenvalue weighted by Crippen LogP contribution is -2.55. The van der Waals surface area contributed by atoms with Crippen molar-refractivity contribution in [1.82, 2.24) is 10.2 Å². The Kier molecular flexibility index (Phi) is 14.4. The smallest absolute Gasteiger partial charge is 0.409 e. The van der Waals surface area contributed by atoms with Gasteiger partial charge in [-0.05, 0) is 64.5 Å². The number of alkyl carbamates (subject to hydrolysis) is 1. The molecule has 1 saturated heterocycles. The summed E-state index contributed by atoms with van der Waals surface area (Å²) in [5.74, 6) is -1.22. The number of thiol groups is 1. The predicted molar refractivity (Wildman–Crippen MR) is 196 cm³/mol. The molecule has 1 fully saturated rings. The van der Waals surface area contributed by atoms with E-state index < -0.39 is 65.7 Å². The Hall–Kier alpha value is -3.30. The van der Waals surface area contributed by atoms with Crippen molar-refractivity contribution < 1.29 is 48.0 Å². The topological polar surface area (TPSA) is 156 Å². The monoisotopic (exact) mass is 753 g/mol. The summed E-state index contributed by atoms with van der Waals surface area (Å²) in [4.78, 5) is 55.7. The number of hydrogen-bond donors (Lipinski definition) is 3. The van der Waals surface area contributed by atoms with Crippen LogP contribution in [0.1, 0.15) is 59.9 Å². The van der Waals surface area contributed by atoms with E-state index in [9.17, 15) is 24.3 Å². The lowest BCUT2D eigenvalue weighted by Gasteiger charge is -2.31. The molecule has 15 heteroatoms. The first-order valence-electron chi connectivity index (χ1n) is 16.8. The highest BCUT2D eigenvalue weighted by atomic mass is 35.5. The van der Waals surface area contributed by atoms with Crippen LogP contribution < -0.4 is 15.0 Å². The first kappa shape index (κ1) is 42.1. The first-order valence-corrected chi connectivity index (χ1v) is 17.8. The van der Waals surface area contributed by atoms with Crippen LogP contribution in [0.15, 0.2) is 35.9 Å². The molecule has 2 N–H and O–H groups in total. The average Bonchev–Trinajstić information content (AvgIpc) is 3.76. The number of rotatable bonds is 7. The molecule has 1 aromatic carbocycles. The van der Waals surface area contributed by atoms with Gasteiger partial charge < -0.3 is 38.6 Å². The highest BCUT2D eigenvalue weighted by Gasteiger charge is 2.63. The zero-order valence-electron chi connectivity index (χ0n) is 31.0. The lowest BCUT2D eigenvalue weighted by molar-refractivity contribution is -0.161. The van der Waals surface area contributed by atoms with Crippen LogP contribution in [0, 0.1) is 5.92 Å². The number of benzene rings is 1. The van der Waals surface area contributed by atoms with Crippen molar-refractivity contribution in [1.29, 1.82) is 0 Å². The third kappa shape index (κ3) is 10.2. The number of ether oxygens (including phenoxy) is 5. The number of hydrogen-bond acceptors (Lipinski definition) is 11. The van der Waals surface area contributed by atoms with Gasteiger partial charge in [-0.1, -0.05) is 42.3 Å². The van der Waals surface area contributed by atoms with Crippen molar-refractivity contribution in [2.75, 3.05) is 39.0 Å². The van der Waals surface area contributed by atoms with Crippen molar-refractivity contribution >= 4 is 53.8 Å². The molecule has 2 aliphatic rings. The number of anilines is 1. The Bertz CT molecular complexity index is 1520. The first-order chi connectivity index (χ1) is 23.8. The second-order valence-corrected chi connectivity index (χ2v) is 14.4. The summed E-state index contributed by atoms with van der Waals surface area (Å²) in [6.45, 7) is 10.0. The van der Waals surface area contributed by atoms with E-state index >= 15 is 0 Å². The van der Waals surface area contributed by atoms with Crippen LogP contribution in [0.2, 0.25) is 5.02 Å². The Morgan fingerprint density at radius 3 is 2.51 bits per heavy atom. The number of allylic oxidation sites excluding steroid dienone is 3. The lowest BCUT2D eigenvalue weighted by atomic mass is 9.88. The van der Waals surface area contributed by atoms with Crippen molar-refractivity contribution in [2.45, 2.75) is 103 Å². The Labute approximate surface area is 311 Å². The molecular formula is C36H52ClN3O10S. The number of aliphatic hydroxyl groups is 1. The molecule has 0 aromatic heterocycles. The maximum absolute atomic E-state index is 14.0. The van der Waals surface area contributed by atoms with E-state index in [1.807, 2.05) is 13.0 Å². The molecule has 8 atom stereocenters. The Morgan fingerprint density at radius 2 is 1.90 bits per heavy atom. The van der Waals surface area contributed by atoms with Crippen LogP contribution in [0.25, 0.3) is 0 Å². The fraction of sp³-hybridized carbons (Fsp3) is 0.611. The van der Waals surface area contributed by atoms with E-state index in [-0.39, 0.29) is 23.8 Å². The molecule has 13 nitrogen and oxygen atoms in total. The van der Waals surface area contributed by atoms with Crippen molar-refractivity contribution in [3.63, 3.8) is 0 Å². The molecule has 0 saturated carbocycles. The van der Waals surface area contributed by atoms with E-state index in [1.54, 1.807) is 52.1 Å². The average molecular weight is 754 g/mol. The number of cyclic esters (lactones) is 1. The number of nitrogens with one attached hydrogen (secondary N) is 1. The van der Waals surface area contributed by atoms with Gasteiger partial charge in [0.15, 0.2) is 5.72 Å². The normalized spacial score (nSPS) is 31.4. The molecule has 0 aliphatic carbocycles. The molecule has 3 rings (SSSR count). The third-order valence-corrected chi connectivity index (χ3v) is 10.2. The summed E-state index contributed by atoms with van der Waals surface area (Å²) in [6.07, 6.45) is 1.16. The van der Waals surface area contributed by atoms with Crippen LogP contribution in [0.3, 0.4) is 0 Å². The minimum absolute atomic E-state index is 0.131. The highest BCUT2D eigenvalue weighted by Crippen LogP contribution is 2.48. The van der Waals surface area contributed by atoms with Crippen LogP contribution >= 0.6 is 24.2 Å². The van der Waals surface area contributed by atoms with Gasteiger partial charge in [-0.25, -0.2) is 9.59 Å². The Balaban J connectivity index is 2.08. The molecule has 2 bridgehead atoms. The van der Waals surface area contributed by atoms with Crippen molar-refractivity contribution in [3.05, 3.63) is 46.5 Å². The fourth-order valence-electron chi connectivity index (χ4n) is 5.96. The number of epoxide rings is 1. The summed E-state index contributed by atoms with van der Waals surface area (Å²) < 4.78 is 28.8. The number of carbonyl (C=O) groups excluding carboxylic acids is 4. The van der Waals surface area contributed by atoms with Gasteiger partial charge in [0.25, 0.3) is 0 Å². The number of halogens is 1. The number of amides is 3. The molecule has 6 unspecified atom stereocenters. The predicted octanol–water partition coefficient (Wildman–Crippen LogP) is 4.47. The number of carbonyl (C=O) groups is 4. The third-order valence-electron chi connectivity index (χ3n) is 9.65. The van der Waals surface area contributed by atoms with Gasteiger partial charge in [-0.3, -0.25) is 14.9 Å². The molecule has 3 amide bonds. The van der Waals surface area contributed by atoms with Gasteiger partial charge in [-0.15, -0.1) is 0 Å². The summed E-state index contributed by atoms with van der Waals surface area (Å²) in [6, 6.07) is 2.60. The fourth-order valence-corrected chi connectivity index (χ4v) is 6.47. The quantitative estimate of drug-likeness (QED) is 0.206. The summed E-state index contributed by atoms with van der Waals surface area (Å²) in [7, 11) is 5.96. The summed E-state index contributed by atoms with van der Waals surface area (Å²) in [5, 5.41) is 13.8. The SMILES string of the molecule is COc1cc2cc(c1Cl)N(C)C(=O)CC(OC(=O)C(C)N(C)C(=O)CCS)C1(C)OC1[C@@H](C)C(C)OC(=O)NC(C)(O)[C@@H](OC)/C=C/C=C(\C)C2. The molecule has 284 valence electrons. The van der Waals surface area contributed by atoms with Crippen molar-refractivity contribution in [3.8, 4) is 5.75 Å². The molecular weight excluding hydrogens is 702 g/mol. The number of nitrogens with zero attached hydrogens (tertiary/aromatic N) is 2. The van der Waals surface area contributed by atoms with E-state index in [4.69, 9.17) is 35.3 Å². The van der Waals surface area contributed by atoms with Gasteiger partial charge in [0.1, 0.15) is 40.7 Å². The molecule has 0 radical (unpaired) electrons. The number of esters is 1. The van der Waals surface area contributed by atoms with Crippen LogP contribution in [-0.2, 0) is 39.8 Å². The van der Waals surface area contributed by atoms with Crippen LogP contribution in [0.4, 0.5) is 10.5 Å². The number of likely N-dealkylation sites (N-methyl/N-ethyl adjacent to an activating group) is 1. The van der Waals surface area contributed by atoms with E-state index in [2.05, 4.69) is 17.9 Å². The van der Waals surface area contributed by atoms with Gasteiger partial charge >= 0.3 is 12.1 Å². The van der Waals surface area contributed by atoms with Crippen LogP contribution in [0.5, 0.6) is 5.75 Å². The maximum Gasteiger partial charge on any atom is 0.409 e. The molecule has 0 spiro atoms. The van der Waals surface area contributed by atoms with E-state index in [0.29, 0.717) is 23.6 Å². The highest BCUT2D eigenvalue weighted by molar-refractivity contribution is 7.80. The second-order valence-electron chi connectivity index (χ2n) is 13.6. The number of fused-ring (bicyclic) bond motifs is 3. The molecule has 2 aliphatic heterocycles. The molecule has 1 aromatic rings. The number of methoxy groups -OCH3 is 2. The van der Waals surface area contributed by atoms with Crippen molar-refractivity contribution in [2.24, 2.45) is 5.92 Å². The van der Waals surface area contributed by atoms with Crippen LogP contribution in [-0.4, -0.2) is 110 Å².